The van der Waals surface area contributed by atoms with Gasteiger partial charge in [0, 0.05) is 21.7 Å². The second-order valence-corrected chi connectivity index (χ2v) is 9.07. The smallest absolute Gasteiger partial charge is 0.416 e. The highest BCUT2D eigenvalue weighted by Gasteiger charge is 2.30. The van der Waals surface area contributed by atoms with E-state index in [4.69, 9.17) is 16.3 Å². The van der Waals surface area contributed by atoms with Crippen LogP contribution in [-0.2, 0) is 24.0 Å². The van der Waals surface area contributed by atoms with Crippen LogP contribution >= 0.6 is 22.9 Å². The molecular formula is C26H20ClF3N4O2S. The van der Waals surface area contributed by atoms with Gasteiger partial charge in [0.25, 0.3) is 0 Å². The van der Waals surface area contributed by atoms with Gasteiger partial charge in [-0.15, -0.1) is 11.3 Å². The van der Waals surface area contributed by atoms with Crippen molar-refractivity contribution in [2.45, 2.75) is 19.2 Å². The molecule has 4 rings (SSSR count). The Balaban J connectivity index is 1.30. The Labute approximate surface area is 219 Å². The van der Waals surface area contributed by atoms with Crippen LogP contribution in [0.5, 0.6) is 5.75 Å². The first-order valence-electron chi connectivity index (χ1n) is 10.9. The Bertz CT molecular complexity index is 1390. The average molecular weight is 545 g/mol. The van der Waals surface area contributed by atoms with Gasteiger partial charge >= 0.3 is 6.18 Å². The minimum atomic E-state index is -4.44. The summed E-state index contributed by atoms with van der Waals surface area (Å²) < 4.78 is 44.6. The summed E-state index contributed by atoms with van der Waals surface area (Å²) >= 11 is 7.09. The monoisotopic (exact) mass is 544 g/mol. The van der Waals surface area contributed by atoms with Gasteiger partial charge in [-0.2, -0.15) is 18.3 Å². The van der Waals surface area contributed by atoms with E-state index < -0.39 is 17.6 Å². The summed E-state index contributed by atoms with van der Waals surface area (Å²) in [5.74, 6) is 0.201. The molecule has 0 aliphatic rings. The summed E-state index contributed by atoms with van der Waals surface area (Å²) in [6.07, 6.45) is -3.00. The molecule has 6 nitrogen and oxygen atoms in total. The normalized spacial score (nSPS) is 11.5. The fraction of sp³-hybridized carbons (Fsp3) is 0.115. The number of hydrogen-bond donors (Lipinski definition) is 2. The average Bonchev–Trinajstić information content (AvgIpc) is 3.30. The molecule has 1 aromatic heterocycles. The Morgan fingerprint density at radius 3 is 2.65 bits per heavy atom. The molecule has 0 saturated carbocycles. The van der Waals surface area contributed by atoms with Gasteiger partial charge in [0.15, 0.2) is 5.13 Å². The SMILES string of the molecule is O=C(Cc1csc(Nc2cccc(C(F)(F)F)c2)n1)N/N=C\c1ccccc1OCc1ccc(Cl)cc1. The van der Waals surface area contributed by atoms with Crippen molar-refractivity contribution in [1.29, 1.82) is 0 Å². The van der Waals surface area contributed by atoms with Crippen molar-refractivity contribution in [3.63, 3.8) is 0 Å². The van der Waals surface area contributed by atoms with E-state index >= 15 is 0 Å². The number of alkyl halides is 3. The van der Waals surface area contributed by atoms with Gasteiger partial charge in [0.1, 0.15) is 12.4 Å². The first-order valence-corrected chi connectivity index (χ1v) is 12.2. The van der Waals surface area contributed by atoms with Crippen LogP contribution < -0.4 is 15.5 Å². The highest BCUT2D eigenvalue weighted by Crippen LogP contribution is 2.31. The number of thiazole rings is 1. The third-order valence-electron chi connectivity index (χ3n) is 4.95. The molecule has 0 radical (unpaired) electrons. The number of carbonyl (C=O) groups is 1. The summed E-state index contributed by atoms with van der Waals surface area (Å²) in [7, 11) is 0. The van der Waals surface area contributed by atoms with Crippen LogP contribution in [-0.4, -0.2) is 17.1 Å². The molecule has 11 heteroatoms. The number of halogens is 4. The van der Waals surface area contributed by atoms with E-state index in [0.717, 1.165) is 17.7 Å². The number of carbonyl (C=O) groups excluding carboxylic acids is 1. The number of benzene rings is 3. The van der Waals surface area contributed by atoms with Crippen molar-refractivity contribution in [2.75, 3.05) is 5.32 Å². The molecule has 2 N–H and O–H groups in total. The van der Waals surface area contributed by atoms with Crippen molar-refractivity contribution in [3.05, 3.63) is 106 Å². The van der Waals surface area contributed by atoms with Crippen LogP contribution in [0.4, 0.5) is 24.0 Å². The van der Waals surface area contributed by atoms with Crippen molar-refractivity contribution in [1.82, 2.24) is 10.4 Å². The van der Waals surface area contributed by atoms with E-state index in [1.54, 1.807) is 29.6 Å². The molecule has 0 atom stereocenters. The molecule has 0 unspecified atom stereocenters. The maximum atomic E-state index is 12.9. The van der Waals surface area contributed by atoms with Crippen LogP contribution in [0.1, 0.15) is 22.4 Å². The lowest BCUT2D eigenvalue weighted by atomic mass is 10.2. The molecule has 0 fully saturated rings. The van der Waals surface area contributed by atoms with Crippen LogP contribution in [0.25, 0.3) is 0 Å². The van der Waals surface area contributed by atoms with Crippen LogP contribution in [0, 0.1) is 0 Å². The van der Waals surface area contributed by atoms with Crippen LogP contribution in [0.15, 0.2) is 83.3 Å². The summed E-state index contributed by atoms with van der Waals surface area (Å²) in [5, 5.41) is 9.51. The Hall–Kier alpha value is -3.89. The molecule has 0 aliphatic carbocycles. The quantitative estimate of drug-likeness (QED) is 0.179. The lowest BCUT2D eigenvalue weighted by molar-refractivity contribution is -0.137. The summed E-state index contributed by atoms with van der Waals surface area (Å²) in [5.41, 5.74) is 4.03. The van der Waals surface area contributed by atoms with Gasteiger partial charge in [-0.3, -0.25) is 4.79 Å². The molecule has 0 saturated heterocycles. The van der Waals surface area contributed by atoms with Gasteiger partial charge in [-0.05, 0) is 48.0 Å². The maximum absolute atomic E-state index is 12.9. The Kier molecular flexibility index (Phi) is 8.42. The summed E-state index contributed by atoms with van der Waals surface area (Å²) in [6, 6.07) is 19.4. The topological polar surface area (TPSA) is 75.6 Å². The van der Waals surface area contributed by atoms with Gasteiger partial charge in [0.2, 0.25) is 5.91 Å². The van der Waals surface area contributed by atoms with Crippen molar-refractivity contribution < 1.29 is 22.7 Å². The third-order valence-corrected chi connectivity index (χ3v) is 6.01. The fourth-order valence-electron chi connectivity index (χ4n) is 3.18. The molecule has 1 heterocycles. The molecule has 37 heavy (non-hydrogen) atoms. The molecule has 0 spiro atoms. The van der Waals surface area contributed by atoms with E-state index in [-0.39, 0.29) is 12.1 Å². The molecule has 190 valence electrons. The predicted octanol–water partition coefficient (Wildman–Crippen LogP) is 6.83. The minimum absolute atomic E-state index is 0.0488. The number of anilines is 2. The predicted molar refractivity (Wildman–Crippen MR) is 139 cm³/mol. The molecule has 0 bridgehead atoms. The first kappa shape index (κ1) is 26.2. The third kappa shape index (κ3) is 7.80. The number of amides is 1. The number of nitrogens with zero attached hydrogens (tertiary/aromatic N) is 2. The number of aromatic nitrogens is 1. The number of hydrogen-bond acceptors (Lipinski definition) is 6. The highest BCUT2D eigenvalue weighted by molar-refractivity contribution is 7.13. The molecule has 4 aromatic rings. The van der Waals surface area contributed by atoms with Crippen molar-refractivity contribution >= 4 is 45.9 Å². The minimum Gasteiger partial charge on any atom is -0.488 e. The molecular weight excluding hydrogens is 525 g/mol. The van der Waals surface area contributed by atoms with Gasteiger partial charge in [-0.25, -0.2) is 10.4 Å². The number of rotatable bonds is 9. The zero-order chi connectivity index (χ0) is 26.3. The summed E-state index contributed by atoms with van der Waals surface area (Å²) in [6.45, 7) is 0.342. The van der Waals surface area contributed by atoms with Crippen molar-refractivity contribution in [2.24, 2.45) is 5.10 Å². The van der Waals surface area contributed by atoms with Gasteiger partial charge in [-0.1, -0.05) is 41.9 Å². The molecule has 3 aromatic carbocycles. The first-order chi connectivity index (χ1) is 17.8. The highest BCUT2D eigenvalue weighted by atomic mass is 35.5. The maximum Gasteiger partial charge on any atom is 0.416 e. The summed E-state index contributed by atoms with van der Waals surface area (Å²) in [4.78, 5) is 16.6. The van der Waals surface area contributed by atoms with E-state index in [2.05, 4.69) is 20.8 Å². The van der Waals surface area contributed by atoms with E-state index in [1.165, 1.54) is 29.7 Å². The standard InChI is InChI=1S/C26H20ClF3N4O2S/c27-20-10-8-17(9-11-20)15-36-23-7-2-1-4-18(23)14-31-34-24(35)13-22-16-37-25(33-22)32-21-6-3-5-19(12-21)26(28,29)30/h1-12,14,16H,13,15H2,(H,32,33)(H,34,35)/b31-14-. The van der Waals surface area contributed by atoms with Gasteiger partial charge < -0.3 is 10.1 Å². The second kappa shape index (κ2) is 11.9. The fourth-order valence-corrected chi connectivity index (χ4v) is 4.04. The number of para-hydroxylation sites is 1. The van der Waals surface area contributed by atoms with Crippen LogP contribution in [0.2, 0.25) is 5.02 Å². The van der Waals surface area contributed by atoms with Crippen molar-refractivity contribution in [3.8, 4) is 5.75 Å². The Morgan fingerprint density at radius 2 is 1.86 bits per heavy atom. The number of hydrazone groups is 1. The largest absolute Gasteiger partial charge is 0.488 e. The van der Waals surface area contributed by atoms with Gasteiger partial charge in [0.05, 0.1) is 23.9 Å². The van der Waals surface area contributed by atoms with E-state index in [1.807, 2.05) is 24.3 Å². The zero-order valence-electron chi connectivity index (χ0n) is 19.1. The van der Waals surface area contributed by atoms with E-state index in [0.29, 0.717) is 33.8 Å². The lowest BCUT2D eigenvalue weighted by Crippen LogP contribution is -2.20. The lowest BCUT2D eigenvalue weighted by Gasteiger charge is -2.09. The zero-order valence-corrected chi connectivity index (χ0v) is 20.7. The van der Waals surface area contributed by atoms with E-state index in [9.17, 15) is 18.0 Å². The molecule has 0 aliphatic heterocycles. The second-order valence-electron chi connectivity index (χ2n) is 7.77. The molecule has 1 amide bonds. The number of ether oxygens (including phenoxy) is 1. The Morgan fingerprint density at radius 1 is 1.08 bits per heavy atom. The van der Waals surface area contributed by atoms with Crippen LogP contribution in [0.3, 0.4) is 0 Å². The number of nitrogens with one attached hydrogen (secondary N) is 2.